The highest BCUT2D eigenvalue weighted by Crippen LogP contribution is 2.14. The molecular formula is C10H6N2OS. The first-order valence-corrected chi connectivity index (χ1v) is 4.76. The average Bonchev–Trinajstić information content (AvgIpc) is 2.92. The SMILES string of the molecule is [c]1ccon1.[c]1nc2ccccc2s1. The van der Waals surface area contributed by atoms with E-state index in [-0.39, 0.29) is 0 Å². The Kier molecular flexibility index (Phi) is 2.88. The van der Waals surface area contributed by atoms with Crippen LogP contribution in [0, 0.1) is 11.7 Å². The third-order valence-corrected chi connectivity index (χ3v) is 2.24. The Morgan fingerprint density at radius 3 is 2.86 bits per heavy atom. The molecule has 0 bridgehead atoms. The maximum absolute atomic E-state index is 4.28. The molecule has 2 aromatic heterocycles. The number of thiazole rings is 1. The van der Waals surface area contributed by atoms with Gasteiger partial charge in [-0.2, -0.15) is 0 Å². The molecule has 2 radical (unpaired) electrons. The Bertz CT molecular complexity index is 428. The first-order chi connectivity index (χ1) is 6.97. The zero-order valence-electron chi connectivity index (χ0n) is 7.18. The van der Waals surface area contributed by atoms with Crippen molar-refractivity contribution in [2.24, 2.45) is 0 Å². The van der Waals surface area contributed by atoms with Gasteiger partial charge in [0.1, 0.15) is 12.5 Å². The lowest BCUT2D eigenvalue weighted by atomic mass is 10.3. The molecule has 0 aliphatic heterocycles. The fourth-order valence-corrected chi connectivity index (χ4v) is 1.52. The van der Waals surface area contributed by atoms with Crippen molar-refractivity contribution >= 4 is 21.6 Å². The van der Waals surface area contributed by atoms with E-state index in [2.05, 4.69) is 26.4 Å². The number of rotatable bonds is 0. The topological polar surface area (TPSA) is 38.9 Å². The largest absolute Gasteiger partial charge is 0.364 e. The lowest BCUT2D eigenvalue weighted by Crippen LogP contribution is -1.61. The summed E-state index contributed by atoms with van der Waals surface area (Å²) in [6.45, 7) is 0. The normalized spacial score (nSPS) is 9.43. The molecule has 0 N–H and O–H groups in total. The highest BCUT2D eigenvalue weighted by atomic mass is 32.1. The molecule has 68 valence electrons. The molecule has 0 aliphatic rings. The van der Waals surface area contributed by atoms with Gasteiger partial charge in [0, 0.05) is 6.07 Å². The molecule has 0 fully saturated rings. The second-order valence-electron chi connectivity index (χ2n) is 2.40. The van der Waals surface area contributed by atoms with E-state index in [0.717, 1.165) is 5.52 Å². The van der Waals surface area contributed by atoms with Crippen LogP contribution in [0.15, 0.2) is 41.1 Å². The van der Waals surface area contributed by atoms with E-state index in [1.807, 2.05) is 24.3 Å². The molecule has 14 heavy (non-hydrogen) atoms. The van der Waals surface area contributed by atoms with E-state index in [4.69, 9.17) is 0 Å². The van der Waals surface area contributed by atoms with Gasteiger partial charge in [0.25, 0.3) is 0 Å². The number of fused-ring (bicyclic) bond motifs is 1. The summed E-state index contributed by atoms with van der Waals surface area (Å²) in [5.74, 6) is 0. The van der Waals surface area contributed by atoms with Gasteiger partial charge in [0.2, 0.25) is 0 Å². The van der Waals surface area contributed by atoms with Crippen molar-refractivity contribution < 1.29 is 4.52 Å². The molecule has 3 nitrogen and oxygen atoms in total. The van der Waals surface area contributed by atoms with Gasteiger partial charge in [-0.05, 0) is 12.1 Å². The van der Waals surface area contributed by atoms with Crippen LogP contribution in [0.2, 0.25) is 0 Å². The summed E-state index contributed by atoms with van der Waals surface area (Å²) >= 11 is 1.55. The van der Waals surface area contributed by atoms with Gasteiger partial charge in [-0.3, -0.25) is 0 Å². The lowest BCUT2D eigenvalue weighted by Gasteiger charge is -1.80. The van der Waals surface area contributed by atoms with Gasteiger partial charge in [0.15, 0.2) is 5.51 Å². The predicted molar refractivity (Wildman–Crippen MR) is 53.8 cm³/mol. The highest BCUT2D eigenvalue weighted by Gasteiger charge is 1.90. The van der Waals surface area contributed by atoms with Crippen LogP contribution >= 0.6 is 11.3 Å². The molecule has 3 rings (SSSR count). The lowest BCUT2D eigenvalue weighted by molar-refractivity contribution is 0.418. The standard InChI is InChI=1S/C7H4NS.C3H2NO/c1-2-4-7-6(3-1)8-5-9-7;1-2-4-5-3-1/h1-4H;1,3H. The molecule has 0 unspecified atom stereocenters. The van der Waals surface area contributed by atoms with E-state index in [1.165, 1.54) is 11.0 Å². The van der Waals surface area contributed by atoms with Crippen LogP contribution in [0.5, 0.6) is 0 Å². The molecule has 0 saturated heterocycles. The highest BCUT2D eigenvalue weighted by molar-refractivity contribution is 7.16. The Morgan fingerprint density at radius 1 is 1.29 bits per heavy atom. The van der Waals surface area contributed by atoms with Crippen molar-refractivity contribution in [2.45, 2.75) is 0 Å². The molecule has 0 atom stereocenters. The first kappa shape index (κ1) is 8.90. The van der Waals surface area contributed by atoms with Crippen molar-refractivity contribution in [1.82, 2.24) is 10.1 Å². The third-order valence-electron chi connectivity index (χ3n) is 1.50. The fraction of sp³-hybridized carbons (Fsp3) is 0. The first-order valence-electron chi connectivity index (χ1n) is 3.95. The van der Waals surface area contributed by atoms with Gasteiger partial charge in [-0.1, -0.05) is 17.3 Å². The smallest absolute Gasteiger partial charge is 0.153 e. The third kappa shape index (κ3) is 2.17. The van der Waals surface area contributed by atoms with Crippen LogP contribution in [0.1, 0.15) is 0 Å². The summed E-state index contributed by atoms with van der Waals surface area (Å²) in [5.41, 5.74) is 3.87. The van der Waals surface area contributed by atoms with Crippen molar-refractivity contribution in [2.75, 3.05) is 0 Å². The molecule has 0 saturated carbocycles. The summed E-state index contributed by atoms with van der Waals surface area (Å²) in [6.07, 6.45) is 3.90. The number of nitrogens with zero attached hydrogens (tertiary/aromatic N) is 2. The molecule has 0 amide bonds. The summed E-state index contributed by atoms with van der Waals surface area (Å²) in [4.78, 5) is 4.01. The zero-order chi connectivity index (χ0) is 9.64. The second-order valence-corrected chi connectivity index (χ2v) is 3.23. The van der Waals surface area contributed by atoms with E-state index in [9.17, 15) is 0 Å². The zero-order valence-corrected chi connectivity index (χ0v) is 7.99. The van der Waals surface area contributed by atoms with Crippen molar-refractivity contribution in [1.29, 1.82) is 0 Å². The number of benzene rings is 1. The minimum Gasteiger partial charge on any atom is -0.364 e. The summed E-state index contributed by atoms with van der Waals surface area (Å²) in [6, 6.07) is 9.62. The number of para-hydroxylation sites is 1. The van der Waals surface area contributed by atoms with E-state index in [0.29, 0.717) is 0 Å². The van der Waals surface area contributed by atoms with Gasteiger partial charge in [-0.25, -0.2) is 4.98 Å². The van der Waals surface area contributed by atoms with Crippen LogP contribution in [0.3, 0.4) is 0 Å². The fourth-order valence-electron chi connectivity index (χ4n) is 0.909. The van der Waals surface area contributed by atoms with Gasteiger partial charge in [-0.15, -0.1) is 11.3 Å². The summed E-state index contributed by atoms with van der Waals surface area (Å²) in [7, 11) is 0. The number of hydrogen-bond acceptors (Lipinski definition) is 4. The molecule has 0 aliphatic carbocycles. The Labute approximate surface area is 85.0 Å². The number of aromatic nitrogens is 2. The maximum Gasteiger partial charge on any atom is 0.153 e. The van der Waals surface area contributed by atoms with Gasteiger partial charge >= 0.3 is 0 Å². The summed E-state index contributed by atoms with van der Waals surface area (Å²) < 4.78 is 5.48. The van der Waals surface area contributed by atoms with Crippen LogP contribution in [0.25, 0.3) is 10.2 Å². The minimum absolute atomic E-state index is 1.04. The van der Waals surface area contributed by atoms with Gasteiger partial charge in [0.05, 0.1) is 10.2 Å². The molecule has 3 aromatic rings. The monoisotopic (exact) mass is 202 g/mol. The van der Waals surface area contributed by atoms with E-state index >= 15 is 0 Å². The Morgan fingerprint density at radius 2 is 2.21 bits per heavy atom. The van der Waals surface area contributed by atoms with Crippen molar-refractivity contribution in [3.63, 3.8) is 0 Å². The van der Waals surface area contributed by atoms with Crippen LogP contribution in [0.4, 0.5) is 0 Å². The van der Waals surface area contributed by atoms with Crippen LogP contribution in [-0.4, -0.2) is 10.1 Å². The second kappa shape index (κ2) is 4.53. The molecule has 4 heteroatoms. The van der Waals surface area contributed by atoms with Gasteiger partial charge < -0.3 is 4.52 Å². The molecule has 0 spiro atoms. The maximum atomic E-state index is 4.28. The molecule has 1 aromatic carbocycles. The molecular weight excluding hydrogens is 196 g/mol. The number of hydrogen-bond donors (Lipinski definition) is 0. The quantitative estimate of drug-likeness (QED) is 0.562. The average molecular weight is 202 g/mol. The van der Waals surface area contributed by atoms with Crippen LogP contribution < -0.4 is 0 Å². The van der Waals surface area contributed by atoms with Crippen LogP contribution in [-0.2, 0) is 0 Å². The minimum atomic E-state index is 1.04. The molecule has 2 heterocycles. The van der Waals surface area contributed by atoms with E-state index < -0.39 is 0 Å². The predicted octanol–water partition coefficient (Wildman–Crippen LogP) is 2.57. The summed E-state index contributed by atoms with van der Waals surface area (Å²) in [5, 5.41) is 3.22. The van der Waals surface area contributed by atoms with E-state index in [1.54, 1.807) is 17.4 Å². The van der Waals surface area contributed by atoms with Crippen molar-refractivity contribution in [3.8, 4) is 0 Å². The Balaban J connectivity index is 0.000000128. The Hall–Kier alpha value is -1.68. The van der Waals surface area contributed by atoms with Crippen molar-refractivity contribution in [3.05, 3.63) is 48.3 Å².